The molecule has 0 bridgehead atoms. The Kier molecular flexibility index (Phi) is 38.6. The topological polar surface area (TPSA) is 479 Å². The van der Waals surface area contributed by atoms with Crippen molar-refractivity contribution >= 4 is 35.4 Å². The fraction of sp³-hybridized carbons (Fsp3) is 0.885. The number of rotatable bonds is 46. The molecule has 35 heteroatoms. The minimum Gasteiger partial charge on any atom is -0.394 e. The van der Waals surface area contributed by atoms with Crippen molar-refractivity contribution in [1.29, 1.82) is 0 Å². The summed E-state index contributed by atoms with van der Waals surface area (Å²) in [5.41, 5.74) is 0.272. The summed E-state index contributed by atoms with van der Waals surface area (Å²) in [7, 11) is 0. The number of amides is 6. The quantitative estimate of drug-likeness (QED) is 0.0199. The minimum atomic E-state index is -1.49. The van der Waals surface area contributed by atoms with E-state index in [0.29, 0.717) is 0 Å². The van der Waals surface area contributed by atoms with Crippen molar-refractivity contribution in [2.75, 3.05) is 139 Å². The van der Waals surface area contributed by atoms with Gasteiger partial charge in [0.1, 0.15) is 73.1 Å². The number of aliphatic hydroxyl groups excluding tert-OH is 9. The molecular weight excluding hydrogens is 1170 g/mol. The maximum absolute atomic E-state index is 14.9. The lowest BCUT2D eigenvalue weighted by Crippen LogP contribution is -2.64. The molecule has 15 unspecified atom stereocenters. The van der Waals surface area contributed by atoms with Crippen molar-refractivity contribution in [2.24, 2.45) is 0 Å². The van der Waals surface area contributed by atoms with Crippen molar-refractivity contribution in [3.05, 3.63) is 0 Å². The first kappa shape index (κ1) is 77.1. The largest absolute Gasteiger partial charge is 0.394 e. The van der Waals surface area contributed by atoms with Crippen LogP contribution < -0.4 is 37.4 Å². The third-order valence-electron chi connectivity index (χ3n) is 13.8. The zero-order chi connectivity index (χ0) is 64.2. The normalized spacial score (nSPS) is 28.0. The van der Waals surface area contributed by atoms with Gasteiger partial charge in [-0.3, -0.25) is 28.8 Å². The van der Waals surface area contributed by atoms with Crippen molar-refractivity contribution in [2.45, 2.75) is 157 Å². The van der Waals surface area contributed by atoms with E-state index in [0.717, 1.165) is 0 Å². The van der Waals surface area contributed by atoms with Crippen LogP contribution in [-0.2, 0) is 85.6 Å². The van der Waals surface area contributed by atoms with Crippen molar-refractivity contribution < 1.29 is 136 Å². The second-order valence-corrected chi connectivity index (χ2v) is 20.5. The average Bonchev–Trinajstić information content (AvgIpc) is 2.18. The number of carbonyl (C=O) groups is 6. The number of hydrogen-bond acceptors (Lipinski definition) is 28. The van der Waals surface area contributed by atoms with Crippen LogP contribution in [0.1, 0.15) is 59.3 Å². The highest BCUT2D eigenvalue weighted by molar-refractivity contribution is 5.78. The van der Waals surface area contributed by atoms with Crippen LogP contribution in [0.25, 0.3) is 0 Å². The van der Waals surface area contributed by atoms with E-state index < -0.39 is 153 Å². The van der Waals surface area contributed by atoms with Gasteiger partial charge in [0.2, 0.25) is 35.4 Å². The summed E-state index contributed by atoms with van der Waals surface area (Å²) in [5.74, 6) is -2.86. The zero-order valence-corrected chi connectivity index (χ0v) is 49.5. The van der Waals surface area contributed by atoms with Gasteiger partial charge in [0, 0.05) is 65.2 Å². The standard InChI is InChI=1S/C52H94FN7O27/c1-31(64)57-40-46(73)43(70)34(28-61)85-49(40)82-25-22-79-19-16-76-13-10-54-37(67)4-7-52(60-53,8-5-38(68)55-11-14-77-17-20-80-23-26-83-50-41(58-32(2)65)47(74)44(71)35(29-62)86-50)9-6-39(69)56-12-15-78-18-21-81-24-27-84-51-42(59-33(3)66)48(75)45(72)36(30-63)87-51/h34-36,40-51,60-63,70-75H,4-30H2,1-3H3,(H,54,67)(H,55,68)(H,56,69)(H,57,64)(H,58,65)(H,59,66). The molecule has 3 saturated heterocycles. The lowest BCUT2D eigenvalue weighted by molar-refractivity contribution is -0.272. The second-order valence-electron chi connectivity index (χ2n) is 20.5. The third-order valence-corrected chi connectivity index (χ3v) is 13.8. The first-order valence-electron chi connectivity index (χ1n) is 28.9. The molecule has 15 atom stereocenters. The van der Waals surface area contributed by atoms with E-state index >= 15 is 0 Å². The molecule has 0 aromatic heterocycles. The number of aliphatic hydroxyl groups is 9. The van der Waals surface area contributed by atoms with Gasteiger partial charge >= 0.3 is 0 Å². The minimum absolute atomic E-state index is 0.0404. The Morgan fingerprint density at radius 1 is 0.391 bits per heavy atom. The first-order valence-corrected chi connectivity index (χ1v) is 28.9. The Balaban J connectivity index is 1.38. The summed E-state index contributed by atoms with van der Waals surface area (Å²) in [6.45, 7) is 3.16. The molecule has 6 amide bonds. The molecule has 0 aliphatic carbocycles. The van der Waals surface area contributed by atoms with Gasteiger partial charge in [0.25, 0.3) is 0 Å². The van der Waals surface area contributed by atoms with E-state index in [9.17, 15) is 79.2 Å². The van der Waals surface area contributed by atoms with Crippen molar-refractivity contribution in [3.8, 4) is 0 Å². The van der Waals surface area contributed by atoms with E-state index in [4.69, 9.17) is 56.8 Å². The highest BCUT2D eigenvalue weighted by Gasteiger charge is 2.48. The highest BCUT2D eigenvalue weighted by atomic mass is 19.2. The van der Waals surface area contributed by atoms with Crippen LogP contribution in [0.5, 0.6) is 0 Å². The molecule has 0 radical (unpaired) electrons. The zero-order valence-electron chi connectivity index (χ0n) is 49.5. The van der Waals surface area contributed by atoms with Crippen molar-refractivity contribution in [3.63, 3.8) is 0 Å². The molecule has 0 aromatic carbocycles. The Bertz CT molecular complexity index is 1760. The Hall–Kier alpha value is -4.13. The van der Waals surface area contributed by atoms with Gasteiger partial charge < -0.3 is 135 Å². The maximum atomic E-state index is 14.9. The van der Waals surface area contributed by atoms with Crippen LogP contribution in [0.4, 0.5) is 4.48 Å². The van der Waals surface area contributed by atoms with Gasteiger partial charge in [-0.1, -0.05) is 0 Å². The molecule has 3 heterocycles. The van der Waals surface area contributed by atoms with Crippen molar-refractivity contribution in [1.82, 2.24) is 37.4 Å². The molecule has 0 saturated carbocycles. The molecule has 16 N–H and O–H groups in total. The molecule has 3 rings (SSSR count). The molecule has 0 aromatic rings. The molecule has 3 aliphatic heterocycles. The van der Waals surface area contributed by atoms with Gasteiger partial charge in [-0.15, -0.1) is 4.48 Å². The number of nitrogens with one attached hydrogen (secondary N) is 7. The highest BCUT2D eigenvalue weighted by Crippen LogP contribution is 2.27. The third kappa shape index (κ3) is 29.1. The van der Waals surface area contributed by atoms with Gasteiger partial charge in [0.05, 0.1) is 119 Å². The molecule has 3 aliphatic rings. The predicted octanol–water partition coefficient (Wildman–Crippen LogP) is -8.13. The molecule has 3 fully saturated rings. The summed E-state index contributed by atoms with van der Waals surface area (Å²) >= 11 is 0. The first-order chi connectivity index (χ1) is 41.7. The lowest BCUT2D eigenvalue weighted by atomic mass is 9.84. The van der Waals surface area contributed by atoms with Crippen LogP contribution in [-0.4, -0.2) is 317 Å². The Labute approximate surface area is 503 Å². The smallest absolute Gasteiger partial charge is 0.220 e. The Morgan fingerprint density at radius 2 is 0.632 bits per heavy atom. The summed E-state index contributed by atoms with van der Waals surface area (Å²) in [6.07, 6.45) is -16.6. The summed E-state index contributed by atoms with van der Waals surface area (Å²) in [6, 6.07) is -3.31. The fourth-order valence-electron chi connectivity index (χ4n) is 9.10. The predicted molar refractivity (Wildman–Crippen MR) is 293 cm³/mol. The Morgan fingerprint density at radius 3 is 0.862 bits per heavy atom. The van der Waals surface area contributed by atoms with E-state index in [1.165, 1.54) is 20.8 Å². The molecule has 34 nitrogen and oxygen atoms in total. The average molecular weight is 1270 g/mol. The van der Waals surface area contributed by atoms with Gasteiger partial charge in [0.15, 0.2) is 18.9 Å². The number of halogens is 1. The van der Waals surface area contributed by atoms with E-state index in [1.807, 2.05) is 0 Å². The molecule has 87 heavy (non-hydrogen) atoms. The monoisotopic (exact) mass is 1270 g/mol. The van der Waals surface area contributed by atoms with Gasteiger partial charge in [-0.2, -0.15) is 5.54 Å². The van der Waals surface area contributed by atoms with Gasteiger partial charge in [-0.05, 0) is 19.3 Å². The van der Waals surface area contributed by atoms with Gasteiger partial charge in [-0.25, -0.2) is 0 Å². The van der Waals surface area contributed by atoms with E-state index in [1.54, 1.807) is 5.54 Å². The SMILES string of the molecule is CC(=O)NC1C(OCCOCCOCCNC(=O)CCC(CCC(=O)NCCOCCOCCOC2OC(CO)C(O)C(O)C2NC(C)=O)(CCC(=O)NCCOCCOCCOC2OC(CO)C(O)C(O)C2NC(C)=O)NF)OC(CO)C(O)C1O. The second kappa shape index (κ2) is 43.6. The van der Waals surface area contributed by atoms with Crippen LogP contribution >= 0.6 is 0 Å². The van der Waals surface area contributed by atoms with Crippen LogP contribution in [0.3, 0.4) is 0 Å². The molecular formula is C52H94FN7O27. The summed E-state index contributed by atoms with van der Waals surface area (Å²) in [5, 5.41) is 106. The molecule has 0 spiro atoms. The summed E-state index contributed by atoms with van der Waals surface area (Å²) in [4.78, 5) is 73.8. The lowest BCUT2D eigenvalue weighted by Gasteiger charge is -2.42. The summed E-state index contributed by atoms with van der Waals surface area (Å²) < 4.78 is 81.2. The number of carbonyl (C=O) groups excluding carboxylic acids is 6. The fourth-order valence-corrected chi connectivity index (χ4v) is 9.10. The van der Waals surface area contributed by atoms with Crippen LogP contribution in [0.15, 0.2) is 0 Å². The number of hydrogen-bond donors (Lipinski definition) is 16. The van der Waals surface area contributed by atoms with E-state index in [-0.39, 0.29) is 157 Å². The molecule has 506 valence electrons. The maximum Gasteiger partial charge on any atom is 0.220 e. The van der Waals surface area contributed by atoms with Crippen LogP contribution in [0, 0.1) is 0 Å². The van der Waals surface area contributed by atoms with Crippen LogP contribution in [0.2, 0.25) is 0 Å². The number of ether oxygens (including phenoxy) is 12. The van der Waals surface area contributed by atoms with E-state index in [2.05, 4.69) is 31.9 Å².